The molecule has 0 aromatic heterocycles. The van der Waals surface area contributed by atoms with Crippen LogP contribution in [0.15, 0.2) is 24.3 Å². The summed E-state index contributed by atoms with van der Waals surface area (Å²) in [6, 6.07) is 10.1. The van der Waals surface area contributed by atoms with Crippen molar-refractivity contribution in [3.05, 3.63) is 29.8 Å². The van der Waals surface area contributed by atoms with Crippen LogP contribution < -0.4 is 4.90 Å². The van der Waals surface area contributed by atoms with Crippen LogP contribution in [0.3, 0.4) is 0 Å². The second-order valence-electron chi connectivity index (χ2n) is 4.69. The maximum atomic E-state index is 9.05. The topological polar surface area (TPSA) is 27.0 Å². The van der Waals surface area contributed by atoms with E-state index in [9.17, 15) is 0 Å². The molecule has 1 aromatic rings. The first-order chi connectivity index (χ1) is 7.74. The summed E-state index contributed by atoms with van der Waals surface area (Å²) in [5.41, 5.74) is 2.38. The molecule has 1 aromatic carbocycles. The van der Waals surface area contributed by atoms with E-state index < -0.39 is 0 Å². The molecular weight excluding hydrogens is 196 g/mol. The van der Waals surface area contributed by atoms with E-state index >= 15 is 0 Å². The molecule has 16 heavy (non-hydrogen) atoms. The van der Waals surface area contributed by atoms with Crippen LogP contribution in [0.2, 0.25) is 0 Å². The van der Waals surface area contributed by atoms with Crippen molar-refractivity contribution >= 4 is 5.69 Å². The minimum absolute atomic E-state index is 0.489. The lowest BCUT2D eigenvalue weighted by molar-refractivity contribution is 0.194. The number of anilines is 1. The number of hydrogen-bond donors (Lipinski definition) is 0. The molecule has 0 aliphatic carbocycles. The summed E-state index contributed by atoms with van der Waals surface area (Å²) < 4.78 is 0. The summed E-state index contributed by atoms with van der Waals surface area (Å²) >= 11 is 0. The fourth-order valence-electron chi connectivity index (χ4n) is 2.47. The minimum Gasteiger partial charge on any atom is -0.369 e. The lowest BCUT2D eigenvalue weighted by atomic mass is 9.75. The highest BCUT2D eigenvalue weighted by Gasteiger charge is 2.40. The van der Waals surface area contributed by atoms with E-state index in [4.69, 9.17) is 5.26 Å². The molecule has 1 fully saturated rings. The average molecular weight is 214 g/mol. The van der Waals surface area contributed by atoms with Gasteiger partial charge >= 0.3 is 0 Å². The lowest BCUT2D eigenvalue weighted by Crippen LogP contribution is -2.56. The van der Waals surface area contributed by atoms with Gasteiger partial charge in [-0.3, -0.25) is 0 Å². The van der Waals surface area contributed by atoms with Gasteiger partial charge in [-0.15, -0.1) is 0 Å². The first-order valence-corrected chi connectivity index (χ1v) is 5.99. The summed E-state index contributed by atoms with van der Waals surface area (Å²) in [5.74, 6) is 0. The van der Waals surface area contributed by atoms with Gasteiger partial charge in [0.2, 0.25) is 0 Å². The van der Waals surface area contributed by atoms with E-state index in [0.29, 0.717) is 5.41 Å². The molecule has 0 radical (unpaired) electrons. The highest BCUT2D eigenvalue weighted by Crippen LogP contribution is 2.40. The van der Waals surface area contributed by atoms with E-state index in [1.807, 2.05) is 24.3 Å². The quantitative estimate of drug-likeness (QED) is 0.772. The highest BCUT2D eigenvalue weighted by molar-refractivity contribution is 5.61. The van der Waals surface area contributed by atoms with Gasteiger partial charge in [0.25, 0.3) is 0 Å². The number of nitrogens with zero attached hydrogens (tertiary/aromatic N) is 2. The Hall–Kier alpha value is -1.49. The molecule has 2 heteroatoms. The SMILES string of the molecule is CCC1(CC)CN(c2ccccc2C#N)C1. The van der Waals surface area contributed by atoms with Crippen LogP contribution in [0.4, 0.5) is 5.69 Å². The third-order valence-corrected chi connectivity index (χ3v) is 3.92. The van der Waals surface area contributed by atoms with Crippen molar-refractivity contribution in [2.45, 2.75) is 26.7 Å². The number of hydrogen-bond acceptors (Lipinski definition) is 2. The highest BCUT2D eigenvalue weighted by atomic mass is 15.2. The monoisotopic (exact) mass is 214 g/mol. The van der Waals surface area contributed by atoms with Crippen molar-refractivity contribution in [3.63, 3.8) is 0 Å². The molecule has 1 aliphatic rings. The maximum Gasteiger partial charge on any atom is 0.101 e. The van der Waals surface area contributed by atoms with E-state index in [2.05, 4.69) is 24.8 Å². The Kier molecular flexibility index (Phi) is 2.87. The fraction of sp³-hybridized carbons (Fsp3) is 0.500. The zero-order chi connectivity index (χ0) is 11.6. The van der Waals surface area contributed by atoms with Gasteiger partial charge < -0.3 is 4.90 Å². The molecule has 0 spiro atoms. The van der Waals surface area contributed by atoms with E-state index in [-0.39, 0.29) is 0 Å². The Labute approximate surface area is 97.5 Å². The van der Waals surface area contributed by atoms with Crippen LogP contribution in [-0.2, 0) is 0 Å². The molecule has 2 nitrogen and oxygen atoms in total. The Morgan fingerprint density at radius 2 is 1.88 bits per heavy atom. The average Bonchev–Trinajstić information content (AvgIpc) is 2.29. The van der Waals surface area contributed by atoms with Gasteiger partial charge in [0.05, 0.1) is 11.3 Å². The Bertz CT molecular complexity index is 405. The first-order valence-electron chi connectivity index (χ1n) is 5.99. The van der Waals surface area contributed by atoms with Crippen molar-refractivity contribution < 1.29 is 0 Å². The predicted molar refractivity (Wildman–Crippen MR) is 66.4 cm³/mol. The van der Waals surface area contributed by atoms with Crippen LogP contribution in [0.1, 0.15) is 32.3 Å². The Balaban J connectivity index is 2.15. The van der Waals surface area contributed by atoms with E-state index in [0.717, 1.165) is 24.3 Å². The minimum atomic E-state index is 0.489. The van der Waals surface area contributed by atoms with Gasteiger partial charge in [-0.25, -0.2) is 0 Å². The molecule has 1 aliphatic heterocycles. The van der Waals surface area contributed by atoms with Crippen LogP contribution in [0.5, 0.6) is 0 Å². The molecule has 84 valence electrons. The van der Waals surface area contributed by atoms with Gasteiger partial charge in [0.15, 0.2) is 0 Å². The molecule has 1 saturated heterocycles. The third kappa shape index (κ3) is 1.67. The molecule has 0 N–H and O–H groups in total. The summed E-state index contributed by atoms with van der Waals surface area (Å²) in [6.45, 7) is 6.71. The summed E-state index contributed by atoms with van der Waals surface area (Å²) in [6.07, 6.45) is 2.46. The Morgan fingerprint density at radius 1 is 1.25 bits per heavy atom. The van der Waals surface area contributed by atoms with E-state index in [1.165, 1.54) is 12.8 Å². The van der Waals surface area contributed by atoms with Crippen LogP contribution >= 0.6 is 0 Å². The normalized spacial score (nSPS) is 17.7. The Morgan fingerprint density at radius 3 is 2.44 bits per heavy atom. The van der Waals surface area contributed by atoms with Crippen molar-refractivity contribution in [2.75, 3.05) is 18.0 Å². The maximum absolute atomic E-state index is 9.05. The summed E-state index contributed by atoms with van der Waals surface area (Å²) in [4.78, 5) is 2.32. The standard InChI is InChI=1S/C14H18N2/c1-3-14(4-2)10-16(11-14)13-8-6-5-7-12(13)9-15/h5-8H,3-4,10-11H2,1-2H3. The molecule has 2 rings (SSSR count). The van der Waals surface area contributed by atoms with Gasteiger partial charge in [-0.2, -0.15) is 5.26 Å². The smallest absolute Gasteiger partial charge is 0.101 e. The third-order valence-electron chi connectivity index (χ3n) is 3.92. The molecule has 0 unspecified atom stereocenters. The van der Waals surface area contributed by atoms with Crippen LogP contribution in [0, 0.1) is 16.7 Å². The zero-order valence-corrected chi connectivity index (χ0v) is 10.0. The molecule has 0 amide bonds. The summed E-state index contributed by atoms with van der Waals surface area (Å²) in [5, 5.41) is 9.05. The second kappa shape index (κ2) is 4.17. The molecule has 0 bridgehead atoms. The van der Waals surface area contributed by atoms with Crippen molar-refractivity contribution in [1.29, 1.82) is 5.26 Å². The van der Waals surface area contributed by atoms with Crippen LogP contribution in [-0.4, -0.2) is 13.1 Å². The first kappa shape index (κ1) is 11.0. The van der Waals surface area contributed by atoms with Gasteiger partial charge in [0.1, 0.15) is 6.07 Å². The number of benzene rings is 1. The molecular formula is C14H18N2. The molecule has 0 atom stereocenters. The fourth-order valence-corrected chi connectivity index (χ4v) is 2.47. The number of rotatable bonds is 3. The van der Waals surface area contributed by atoms with Crippen LogP contribution in [0.25, 0.3) is 0 Å². The number of para-hydroxylation sites is 1. The largest absolute Gasteiger partial charge is 0.369 e. The van der Waals surface area contributed by atoms with Crippen molar-refractivity contribution in [1.82, 2.24) is 0 Å². The number of nitriles is 1. The van der Waals surface area contributed by atoms with Gasteiger partial charge in [-0.05, 0) is 25.0 Å². The van der Waals surface area contributed by atoms with Gasteiger partial charge in [0, 0.05) is 18.5 Å². The molecule has 0 saturated carbocycles. The second-order valence-corrected chi connectivity index (χ2v) is 4.69. The van der Waals surface area contributed by atoms with Gasteiger partial charge in [-0.1, -0.05) is 26.0 Å². The van der Waals surface area contributed by atoms with E-state index in [1.54, 1.807) is 0 Å². The molecule has 1 heterocycles. The van der Waals surface area contributed by atoms with Crippen molar-refractivity contribution in [3.8, 4) is 6.07 Å². The zero-order valence-electron chi connectivity index (χ0n) is 10.0. The predicted octanol–water partition coefficient (Wildman–Crippen LogP) is 3.18. The summed E-state index contributed by atoms with van der Waals surface area (Å²) in [7, 11) is 0. The van der Waals surface area contributed by atoms with Crippen molar-refractivity contribution in [2.24, 2.45) is 5.41 Å². The lowest BCUT2D eigenvalue weighted by Gasteiger charge is -2.51.